The van der Waals surface area contributed by atoms with E-state index >= 15 is 0 Å². The van der Waals surface area contributed by atoms with E-state index in [-0.39, 0.29) is 41.2 Å². The number of hydrogen-bond donors (Lipinski definition) is 3. The maximum Gasteiger partial charge on any atom is 0.157 e. The molecule has 23 heavy (non-hydrogen) atoms. The Morgan fingerprint density at radius 3 is 2.04 bits per heavy atom. The van der Waals surface area contributed by atoms with E-state index in [1.165, 1.54) is 12.1 Å². The Hall–Kier alpha value is -2.33. The minimum atomic E-state index is -0.200. The molecule has 0 aliphatic carbocycles. The molecule has 1 aliphatic heterocycles. The first-order chi connectivity index (χ1) is 11.0. The van der Waals surface area contributed by atoms with Crippen molar-refractivity contribution < 1.29 is 15.0 Å². The van der Waals surface area contributed by atoms with Crippen LogP contribution in [-0.2, 0) is 4.79 Å². The van der Waals surface area contributed by atoms with Crippen LogP contribution >= 0.6 is 0 Å². The Morgan fingerprint density at radius 2 is 1.43 bits per heavy atom. The zero-order valence-corrected chi connectivity index (χ0v) is 13.2. The number of piperidine rings is 1. The third kappa shape index (κ3) is 2.82. The molecule has 4 atom stereocenters. The van der Waals surface area contributed by atoms with E-state index in [0.29, 0.717) is 0 Å². The van der Waals surface area contributed by atoms with Crippen molar-refractivity contribution in [3.63, 3.8) is 0 Å². The van der Waals surface area contributed by atoms with Gasteiger partial charge in [0.25, 0.3) is 0 Å². The molecule has 0 amide bonds. The highest BCUT2D eigenvalue weighted by Gasteiger charge is 2.40. The number of nitrogens with one attached hydrogen (secondary N) is 1. The molecule has 0 saturated carbocycles. The predicted octanol–water partition coefficient (Wildman–Crippen LogP) is 3.32. The molecule has 1 heterocycles. The standard InChI is InChI=1S/C19H21NO3/c1-11-17(13-6-4-3-5-7-13)20-18(12(2)19(11)23)14-8-9-15(21)16(22)10-14/h3-12,17-18,20-22H,1-2H3. The lowest BCUT2D eigenvalue weighted by atomic mass is 9.76. The maximum absolute atomic E-state index is 12.7. The van der Waals surface area contributed by atoms with Gasteiger partial charge in [0.1, 0.15) is 5.78 Å². The monoisotopic (exact) mass is 311 g/mol. The molecular weight excluding hydrogens is 290 g/mol. The molecule has 1 aliphatic rings. The van der Waals surface area contributed by atoms with E-state index in [2.05, 4.69) is 5.32 Å². The minimum absolute atomic E-state index is 0.0687. The Labute approximate surface area is 135 Å². The third-order valence-electron chi connectivity index (χ3n) is 4.77. The van der Waals surface area contributed by atoms with Gasteiger partial charge in [0.05, 0.1) is 0 Å². The van der Waals surface area contributed by atoms with Gasteiger partial charge >= 0.3 is 0 Å². The molecule has 4 heteroatoms. The normalized spacial score (nSPS) is 27.8. The van der Waals surface area contributed by atoms with Crippen LogP contribution in [0.5, 0.6) is 11.5 Å². The first-order valence-electron chi connectivity index (χ1n) is 7.85. The average Bonchev–Trinajstić information content (AvgIpc) is 2.56. The molecule has 3 N–H and O–H groups in total. The maximum atomic E-state index is 12.7. The first-order valence-corrected chi connectivity index (χ1v) is 7.85. The number of Topliss-reactive ketones (excluding diaryl/α,β-unsaturated/α-hetero) is 1. The summed E-state index contributed by atoms with van der Waals surface area (Å²) in [6, 6.07) is 14.4. The van der Waals surface area contributed by atoms with Crippen molar-refractivity contribution >= 4 is 5.78 Å². The van der Waals surface area contributed by atoms with Gasteiger partial charge in [-0.1, -0.05) is 50.2 Å². The smallest absolute Gasteiger partial charge is 0.157 e. The highest BCUT2D eigenvalue weighted by molar-refractivity contribution is 5.85. The summed E-state index contributed by atoms with van der Waals surface area (Å²) in [6.07, 6.45) is 0. The molecule has 4 unspecified atom stereocenters. The van der Waals surface area contributed by atoms with Crippen molar-refractivity contribution in [1.29, 1.82) is 0 Å². The number of ketones is 1. The second kappa shape index (κ2) is 6.05. The number of carbonyl (C=O) groups excluding carboxylic acids is 1. The summed E-state index contributed by atoms with van der Waals surface area (Å²) in [6.45, 7) is 3.86. The van der Waals surface area contributed by atoms with E-state index in [9.17, 15) is 15.0 Å². The van der Waals surface area contributed by atoms with Crippen LogP contribution in [0.3, 0.4) is 0 Å². The lowest BCUT2D eigenvalue weighted by Gasteiger charge is -2.39. The zero-order chi connectivity index (χ0) is 16.6. The summed E-state index contributed by atoms with van der Waals surface area (Å²) in [7, 11) is 0. The summed E-state index contributed by atoms with van der Waals surface area (Å²) in [5, 5.41) is 22.8. The molecule has 2 aromatic rings. The Bertz CT molecular complexity index is 714. The molecule has 4 nitrogen and oxygen atoms in total. The molecule has 0 bridgehead atoms. The van der Waals surface area contributed by atoms with E-state index in [4.69, 9.17) is 0 Å². The van der Waals surface area contributed by atoms with Gasteiger partial charge < -0.3 is 15.5 Å². The summed E-state index contributed by atoms with van der Waals surface area (Å²) in [5.41, 5.74) is 1.88. The van der Waals surface area contributed by atoms with Crippen molar-refractivity contribution in [2.45, 2.75) is 25.9 Å². The first kappa shape index (κ1) is 15.6. The Balaban J connectivity index is 1.97. The van der Waals surface area contributed by atoms with Crippen molar-refractivity contribution in [2.24, 2.45) is 11.8 Å². The number of phenols is 2. The average molecular weight is 311 g/mol. The Morgan fingerprint density at radius 1 is 0.826 bits per heavy atom. The second-order valence-corrected chi connectivity index (χ2v) is 6.26. The van der Waals surface area contributed by atoms with E-state index < -0.39 is 0 Å². The fourth-order valence-corrected chi connectivity index (χ4v) is 3.39. The van der Waals surface area contributed by atoms with E-state index in [1.54, 1.807) is 6.07 Å². The SMILES string of the molecule is CC1C(=O)C(C)C(c2ccc(O)c(O)c2)NC1c1ccccc1. The minimum Gasteiger partial charge on any atom is -0.504 e. The van der Waals surface area contributed by atoms with Crippen LogP contribution in [0.2, 0.25) is 0 Å². The number of phenolic OH excluding ortho intramolecular Hbond substituents is 2. The molecule has 0 spiro atoms. The Kier molecular flexibility index (Phi) is 4.09. The topological polar surface area (TPSA) is 69.6 Å². The molecular formula is C19H21NO3. The largest absolute Gasteiger partial charge is 0.504 e. The third-order valence-corrected chi connectivity index (χ3v) is 4.77. The summed E-state index contributed by atoms with van der Waals surface area (Å²) >= 11 is 0. The number of benzene rings is 2. The van der Waals surface area contributed by atoms with Crippen LogP contribution in [0.25, 0.3) is 0 Å². The number of carbonyl (C=O) groups is 1. The molecule has 1 fully saturated rings. The molecule has 0 radical (unpaired) electrons. The van der Waals surface area contributed by atoms with Gasteiger partial charge in [0.15, 0.2) is 11.5 Å². The molecule has 120 valence electrons. The zero-order valence-electron chi connectivity index (χ0n) is 13.2. The predicted molar refractivity (Wildman–Crippen MR) is 88.2 cm³/mol. The van der Waals surface area contributed by atoms with E-state index in [1.807, 2.05) is 44.2 Å². The van der Waals surface area contributed by atoms with Crippen LogP contribution in [0.4, 0.5) is 0 Å². The fourth-order valence-electron chi connectivity index (χ4n) is 3.39. The fraction of sp³-hybridized carbons (Fsp3) is 0.316. The summed E-state index contributed by atoms with van der Waals surface area (Å²) in [5.74, 6) is -0.436. The quantitative estimate of drug-likeness (QED) is 0.744. The van der Waals surface area contributed by atoms with Gasteiger partial charge in [-0.3, -0.25) is 4.79 Å². The van der Waals surface area contributed by atoms with Gasteiger partial charge in [-0.15, -0.1) is 0 Å². The number of aromatic hydroxyl groups is 2. The van der Waals surface area contributed by atoms with E-state index in [0.717, 1.165) is 11.1 Å². The van der Waals surface area contributed by atoms with Gasteiger partial charge in [-0.05, 0) is 23.3 Å². The molecule has 0 aromatic heterocycles. The van der Waals surface area contributed by atoms with Gasteiger partial charge in [0.2, 0.25) is 0 Å². The number of rotatable bonds is 2. The van der Waals surface area contributed by atoms with Crippen LogP contribution in [0.1, 0.15) is 37.1 Å². The molecule has 1 saturated heterocycles. The van der Waals surface area contributed by atoms with Crippen LogP contribution in [0.15, 0.2) is 48.5 Å². The summed E-state index contributed by atoms with van der Waals surface area (Å²) in [4.78, 5) is 12.7. The van der Waals surface area contributed by atoms with Crippen molar-refractivity contribution in [3.05, 3.63) is 59.7 Å². The lowest BCUT2D eigenvalue weighted by molar-refractivity contribution is -0.130. The van der Waals surface area contributed by atoms with Crippen LogP contribution in [0, 0.1) is 11.8 Å². The molecule has 3 rings (SSSR count). The van der Waals surface area contributed by atoms with Crippen molar-refractivity contribution in [3.8, 4) is 11.5 Å². The highest BCUT2D eigenvalue weighted by atomic mass is 16.3. The second-order valence-electron chi connectivity index (χ2n) is 6.26. The lowest BCUT2D eigenvalue weighted by Crippen LogP contribution is -2.46. The van der Waals surface area contributed by atoms with Crippen LogP contribution in [-0.4, -0.2) is 16.0 Å². The highest BCUT2D eigenvalue weighted by Crippen LogP contribution is 2.39. The van der Waals surface area contributed by atoms with Gasteiger partial charge in [-0.25, -0.2) is 0 Å². The van der Waals surface area contributed by atoms with Gasteiger partial charge in [-0.2, -0.15) is 0 Å². The number of hydrogen-bond acceptors (Lipinski definition) is 4. The van der Waals surface area contributed by atoms with Crippen LogP contribution < -0.4 is 5.32 Å². The van der Waals surface area contributed by atoms with Crippen molar-refractivity contribution in [1.82, 2.24) is 5.32 Å². The van der Waals surface area contributed by atoms with Crippen molar-refractivity contribution in [2.75, 3.05) is 0 Å². The van der Waals surface area contributed by atoms with Gasteiger partial charge in [0, 0.05) is 23.9 Å². The summed E-state index contributed by atoms with van der Waals surface area (Å²) < 4.78 is 0. The molecule has 2 aromatic carbocycles.